The summed E-state index contributed by atoms with van der Waals surface area (Å²) in [5, 5.41) is -1.21. The van der Waals surface area contributed by atoms with E-state index in [1.54, 1.807) is 51.1 Å². The molecule has 0 aliphatic carbocycles. The van der Waals surface area contributed by atoms with Gasteiger partial charge < -0.3 is 4.74 Å². The van der Waals surface area contributed by atoms with Crippen molar-refractivity contribution < 1.29 is 31.1 Å². The SMILES string of the molecule is CC(C)(C)N1C(=O)C(=NCCc2ccc(OC(F)(F)F)cc2)C(c2ccccc2)S1(=O)=O. The van der Waals surface area contributed by atoms with Crippen LogP contribution in [0.15, 0.2) is 59.6 Å². The highest BCUT2D eigenvalue weighted by molar-refractivity contribution is 7.91. The molecule has 0 aromatic heterocycles. The minimum atomic E-state index is -4.77. The quantitative estimate of drug-likeness (QED) is 0.657. The number of hydrogen-bond donors (Lipinski definition) is 0. The van der Waals surface area contributed by atoms with Gasteiger partial charge in [0.25, 0.3) is 15.9 Å². The summed E-state index contributed by atoms with van der Waals surface area (Å²) < 4.78 is 68.1. The predicted molar refractivity (Wildman–Crippen MR) is 114 cm³/mol. The zero-order valence-corrected chi connectivity index (χ0v) is 18.6. The van der Waals surface area contributed by atoms with Gasteiger partial charge in [-0.1, -0.05) is 42.5 Å². The van der Waals surface area contributed by atoms with E-state index in [-0.39, 0.29) is 18.0 Å². The molecule has 2 aromatic carbocycles. The highest BCUT2D eigenvalue weighted by Gasteiger charge is 2.54. The highest BCUT2D eigenvalue weighted by atomic mass is 32.2. The number of alkyl halides is 3. The monoisotopic (exact) mass is 468 g/mol. The summed E-state index contributed by atoms with van der Waals surface area (Å²) in [7, 11) is -4.03. The zero-order chi connectivity index (χ0) is 23.7. The number of carbonyl (C=O) groups excluding carboxylic acids is 1. The van der Waals surface area contributed by atoms with Crippen LogP contribution < -0.4 is 4.74 Å². The van der Waals surface area contributed by atoms with Gasteiger partial charge in [0.15, 0.2) is 5.25 Å². The van der Waals surface area contributed by atoms with E-state index in [0.717, 1.165) is 4.31 Å². The summed E-state index contributed by atoms with van der Waals surface area (Å²) >= 11 is 0. The molecule has 1 atom stereocenters. The fourth-order valence-corrected chi connectivity index (χ4v) is 5.79. The maximum atomic E-state index is 13.3. The fraction of sp³-hybridized carbons (Fsp3) is 0.364. The summed E-state index contributed by atoms with van der Waals surface area (Å²) in [4.78, 5) is 17.4. The van der Waals surface area contributed by atoms with Crippen molar-refractivity contribution in [1.82, 2.24) is 4.31 Å². The lowest BCUT2D eigenvalue weighted by molar-refractivity contribution is -0.274. The van der Waals surface area contributed by atoms with E-state index < -0.39 is 33.1 Å². The van der Waals surface area contributed by atoms with E-state index in [9.17, 15) is 26.4 Å². The van der Waals surface area contributed by atoms with Crippen LogP contribution in [0, 0.1) is 0 Å². The van der Waals surface area contributed by atoms with Gasteiger partial charge in [-0.05, 0) is 50.5 Å². The van der Waals surface area contributed by atoms with E-state index in [0.29, 0.717) is 17.5 Å². The first kappa shape index (κ1) is 23.8. The van der Waals surface area contributed by atoms with Gasteiger partial charge in [0.05, 0.1) is 5.54 Å². The topological polar surface area (TPSA) is 76.0 Å². The van der Waals surface area contributed by atoms with Gasteiger partial charge in [-0.2, -0.15) is 0 Å². The molecule has 1 aliphatic rings. The van der Waals surface area contributed by atoms with Crippen LogP contribution in [0.1, 0.15) is 37.1 Å². The number of amides is 1. The Morgan fingerprint density at radius 2 is 1.59 bits per heavy atom. The van der Waals surface area contributed by atoms with E-state index >= 15 is 0 Å². The summed E-state index contributed by atoms with van der Waals surface area (Å²) in [6.07, 6.45) is -4.46. The van der Waals surface area contributed by atoms with Crippen LogP contribution in [0.5, 0.6) is 5.75 Å². The van der Waals surface area contributed by atoms with Crippen LogP contribution in [-0.2, 0) is 21.2 Å². The van der Waals surface area contributed by atoms with Crippen molar-refractivity contribution in [2.75, 3.05) is 6.54 Å². The molecule has 1 heterocycles. The maximum Gasteiger partial charge on any atom is 0.573 e. The molecule has 172 valence electrons. The van der Waals surface area contributed by atoms with Crippen molar-refractivity contribution in [3.05, 3.63) is 65.7 Å². The number of aliphatic imine (C=N–C) groups is 1. The molecule has 3 rings (SSSR count). The lowest BCUT2D eigenvalue weighted by atomic mass is 10.0. The summed E-state index contributed by atoms with van der Waals surface area (Å²) in [5.74, 6) is -1.00. The molecule has 0 spiro atoms. The first-order chi connectivity index (χ1) is 14.8. The maximum absolute atomic E-state index is 13.3. The van der Waals surface area contributed by atoms with Crippen molar-refractivity contribution in [1.29, 1.82) is 0 Å². The normalized spacial score (nSPS) is 20.1. The standard InChI is InChI=1S/C22H23F3N2O4S/c1-21(2,3)27-20(28)18(19(32(27,29)30)16-7-5-4-6-8-16)26-14-13-15-9-11-17(12-10-15)31-22(23,24)25/h4-12,19H,13-14H2,1-3H3. The van der Waals surface area contributed by atoms with Crippen molar-refractivity contribution in [3.63, 3.8) is 0 Å². The van der Waals surface area contributed by atoms with Crippen LogP contribution >= 0.6 is 0 Å². The second-order valence-corrected chi connectivity index (χ2v) is 10.2. The Labute approximate surface area is 184 Å². The largest absolute Gasteiger partial charge is 0.573 e. The average Bonchev–Trinajstić information content (AvgIpc) is 2.87. The van der Waals surface area contributed by atoms with Crippen LogP contribution in [0.3, 0.4) is 0 Å². The smallest absolute Gasteiger partial charge is 0.406 e. The molecular weight excluding hydrogens is 445 g/mol. The molecule has 10 heteroatoms. The second kappa shape index (κ2) is 8.57. The van der Waals surface area contributed by atoms with Gasteiger partial charge >= 0.3 is 6.36 Å². The molecule has 6 nitrogen and oxygen atoms in total. The predicted octanol–water partition coefficient (Wildman–Crippen LogP) is 4.28. The molecule has 0 N–H and O–H groups in total. The van der Waals surface area contributed by atoms with Crippen molar-refractivity contribution in [2.24, 2.45) is 4.99 Å². The van der Waals surface area contributed by atoms with E-state index in [1.165, 1.54) is 24.3 Å². The van der Waals surface area contributed by atoms with Crippen molar-refractivity contribution in [3.8, 4) is 5.75 Å². The Hall–Kier alpha value is -2.88. The van der Waals surface area contributed by atoms with Crippen molar-refractivity contribution in [2.45, 2.75) is 44.3 Å². The van der Waals surface area contributed by atoms with Gasteiger partial charge in [-0.25, -0.2) is 12.7 Å². The molecule has 0 radical (unpaired) electrons. The summed E-state index contributed by atoms with van der Waals surface area (Å²) in [5.41, 5.74) is 0.0819. The minimum Gasteiger partial charge on any atom is -0.406 e. The van der Waals surface area contributed by atoms with Crippen molar-refractivity contribution >= 4 is 21.6 Å². The minimum absolute atomic E-state index is 0.0665. The molecule has 1 aliphatic heterocycles. The zero-order valence-electron chi connectivity index (χ0n) is 17.8. The van der Waals surface area contributed by atoms with Crippen LogP contribution in [0.4, 0.5) is 13.2 Å². The van der Waals surface area contributed by atoms with Gasteiger partial charge in [-0.15, -0.1) is 13.2 Å². The molecule has 1 fully saturated rings. The van der Waals surface area contributed by atoms with Gasteiger partial charge in [0.2, 0.25) is 0 Å². The number of halogens is 3. The molecule has 2 aromatic rings. The lowest BCUT2D eigenvalue weighted by Gasteiger charge is -2.30. The summed E-state index contributed by atoms with van der Waals surface area (Å²) in [6.45, 7) is 5.01. The third-order valence-electron chi connectivity index (χ3n) is 4.76. The van der Waals surface area contributed by atoms with Crippen LogP contribution in [-0.4, -0.2) is 42.8 Å². The van der Waals surface area contributed by atoms with Crippen LogP contribution in [0.25, 0.3) is 0 Å². The first-order valence-electron chi connectivity index (χ1n) is 9.83. The molecule has 0 saturated carbocycles. The highest BCUT2D eigenvalue weighted by Crippen LogP contribution is 2.38. The second-order valence-electron chi connectivity index (χ2n) is 8.28. The van der Waals surface area contributed by atoms with E-state index in [2.05, 4.69) is 9.73 Å². The number of ether oxygens (including phenoxy) is 1. The summed E-state index contributed by atoms with van der Waals surface area (Å²) in [6, 6.07) is 13.7. The van der Waals surface area contributed by atoms with Crippen LogP contribution in [0.2, 0.25) is 0 Å². The molecular formula is C22H23F3N2O4S. The number of hydrogen-bond acceptors (Lipinski definition) is 5. The Balaban J connectivity index is 1.86. The first-order valence-corrected chi connectivity index (χ1v) is 11.3. The van der Waals surface area contributed by atoms with Gasteiger partial charge in [0, 0.05) is 6.54 Å². The molecule has 32 heavy (non-hydrogen) atoms. The lowest BCUT2D eigenvalue weighted by Crippen LogP contribution is -2.45. The van der Waals surface area contributed by atoms with E-state index in [1.807, 2.05) is 0 Å². The number of carbonyl (C=O) groups is 1. The number of nitrogens with zero attached hydrogens (tertiary/aromatic N) is 2. The number of rotatable bonds is 5. The van der Waals surface area contributed by atoms with Gasteiger partial charge in [-0.3, -0.25) is 9.79 Å². The Bertz CT molecular complexity index is 1110. The molecule has 0 bridgehead atoms. The fourth-order valence-electron chi connectivity index (χ4n) is 3.54. The van der Waals surface area contributed by atoms with E-state index in [4.69, 9.17) is 0 Å². The number of sulfonamides is 1. The Morgan fingerprint density at radius 1 is 1.00 bits per heavy atom. The van der Waals surface area contributed by atoms with Gasteiger partial charge in [0.1, 0.15) is 11.5 Å². The molecule has 1 amide bonds. The average molecular weight is 468 g/mol. The Kier molecular flexibility index (Phi) is 6.37. The Morgan fingerprint density at radius 3 is 2.12 bits per heavy atom. The molecule has 1 unspecified atom stereocenters. The third-order valence-corrected chi connectivity index (χ3v) is 7.07. The third kappa shape index (κ3) is 5.12. The molecule has 1 saturated heterocycles. The number of benzene rings is 2.